The summed E-state index contributed by atoms with van der Waals surface area (Å²) < 4.78 is 26.1. The van der Waals surface area contributed by atoms with E-state index in [9.17, 15) is 13.5 Å². The van der Waals surface area contributed by atoms with Crippen LogP contribution in [0.2, 0.25) is 0 Å². The quantitative estimate of drug-likeness (QED) is 0.769. The van der Waals surface area contributed by atoms with E-state index in [0.717, 1.165) is 0 Å². The van der Waals surface area contributed by atoms with Gasteiger partial charge in [-0.3, -0.25) is 0 Å². The van der Waals surface area contributed by atoms with E-state index in [2.05, 4.69) is 15.3 Å². The van der Waals surface area contributed by atoms with E-state index in [4.69, 9.17) is 0 Å². The van der Waals surface area contributed by atoms with Crippen LogP contribution in [0.4, 0.5) is 5.95 Å². The molecule has 0 aliphatic carbocycles. The van der Waals surface area contributed by atoms with Gasteiger partial charge in [-0.25, -0.2) is 18.4 Å². The molecule has 7 nitrogen and oxygen atoms in total. The van der Waals surface area contributed by atoms with Crippen molar-refractivity contribution in [2.75, 3.05) is 25.0 Å². The number of nitrogens with zero attached hydrogens (tertiary/aromatic N) is 3. The van der Waals surface area contributed by atoms with Crippen molar-refractivity contribution in [3.8, 4) is 0 Å². The van der Waals surface area contributed by atoms with Gasteiger partial charge in [0.25, 0.3) is 0 Å². The number of hydrogen-bond donors (Lipinski definition) is 2. The highest BCUT2D eigenvalue weighted by Gasteiger charge is 2.28. The maximum atomic E-state index is 12.4. The second-order valence-corrected chi connectivity index (χ2v) is 6.95. The molecule has 0 saturated heterocycles. The van der Waals surface area contributed by atoms with Crippen LogP contribution in [0.3, 0.4) is 0 Å². The monoisotopic (exact) mass is 302 g/mol. The van der Waals surface area contributed by atoms with Crippen LogP contribution in [-0.2, 0) is 10.0 Å². The highest BCUT2D eigenvalue weighted by atomic mass is 32.2. The molecule has 1 aromatic rings. The van der Waals surface area contributed by atoms with Crippen molar-refractivity contribution in [3.05, 3.63) is 12.4 Å². The highest BCUT2D eigenvalue weighted by molar-refractivity contribution is 7.89. The highest BCUT2D eigenvalue weighted by Crippen LogP contribution is 2.17. The van der Waals surface area contributed by atoms with E-state index in [-0.39, 0.29) is 18.0 Å². The van der Waals surface area contributed by atoms with Crippen LogP contribution in [0.25, 0.3) is 0 Å². The first kappa shape index (κ1) is 16.8. The van der Waals surface area contributed by atoms with Crippen LogP contribution in [-0.4, -0.2) is 53.0 Å². The summed E-state index contributed by atoms with van der Waals surface area (Å²) in [5.41, 5.74) is -1.10. The summed E-state index contributed by atoms with van der Waals surface area (Å²) in [6.45, 7) is 7.69. The van der Waals surface area contributed by atoms with Gasteiger partial charge in [-0.15, -0.1) is 0 Å². The standard InChI is InChI=1S/C12H22N4O3S/c1-5-13-11-14-7-10(8-15-11)20(18,19)16(6-2)9-12(3,4)17/h7-8,17H,5-6,9H2,1-4H3,(H,13,14,15). The zero-order valence-corrected chi connectivity index (χ0v) is 13.1. The first-order valence-electron chi connectivity index (χ1n) is 6.49. The van der Waals surface area contributed by atoms with Crippen molar-refractivity contribution in [1.29, 1.82) is 0 Å². The molecule has 0 radical (unpaired) electrons. The minimum atomic E-state index is -3.70. The number of sulfonamides is 1. The molecule has 0 fully saturated rings. The molecule has 0 aliphatic heterocycles. The minimum absolute atomic E-state index is 0.0147. The number of rotatable bonds is 7. The van der Waals surface area contributed by atoms with Gasteiger partial charge in [0.1, 0.15) is 4.90 Å². The third-order valence-electron chi connectivity index (χ3n) is 2.52. The molecule has 0 spiro atoms. The molecule has 2 N–H and O–H groups in total. The second-order valence-electron chi connectivity index (χ2n) is 5.02. The van der Waals surface area contributed by atoms with Gasteiger partial charge in [-0.2, -0.15) is 4.31 Å². The van der Waals surface area contributed by atoms with E-state index >= 15 is 0 Å². The molecule has 8 heteroatoms. The number of aliphatic hydroxyl groups is 1. The minimum Gasteiger partial charge on any atom is -0.389 e. The Morgan fingerprint density at radius 2 is 1.85 bits per heavy atom. The van der Waals surface area contributed by atoms with E-state index in [0.29, 0.717) is 12.5 Å². The molecule has 20 heavy (non-hydrogen) atoms. The Bertz CT molecular complexity index is 523. The lowest BCUT2D eigenvalue weighted by Gasteiger charge is -2.27. The number of anilines is 1. The van der Waals surface area contributed by atoms with Gasteiger partial charge in [0.15, 0.2) is 0 Å². The molecule has 1 heterocycles. The summed E-state index contributed by atoms with van der Waals surface area (Å²) in [6.07, 6.45) is 2.54. The molecule has 0 atom stereocenters. The Morgan fingerprint density at radius 3 is 2.25 bits per heavy atom. The maximum Gasteiger partial charge on any atom is 0.246 e. The van der Waals surface area contributed by atoms with E-state index in [1.807, 2.05) is 6.92 Å². The van der Waals surface area contributed by atoms with E-state index < -0.39 is 15.6 Å². The van der Waals surface area contributed by atoms with Crippen molar-refractivity contribution >= 4 is 16.0 Å². The smallest absolute Gasteiger partial charge is 0.246 e. The van der Waals surface area contributed by atoms with Crippen LogP contribution in [0.5, 0.6) is 0 Å². The third-order valence-corrected chi connectivity index (χ3v) is 4.39. The van der Waals surface area contributed by atoms with E-state index in [1.165, 1.54) is 16.7 Å². The SMILES string of the molecule is CCNc1ncc(S(=O)(=O)N(CC)CC(C)(C)O)cn1. The maximum absolute atomic E-state index is 12.4. The zero-order valence-electron chi connectivity index (χ0n) is 12.3. The fourth-order valence-electron chi connectivity index (χ4n) is 1.65. The molecular weight excluding hydrogens is 280 g/mol. The predicted molar refractivity (Wildman–Crippen MR) is 76.9 cm³/mol. The van der Waals surface area contributed by atoms with Crippen LogP contribution >= 0.6 is 0 Å². The van der Waals surface area contributed by atoms with Crippen molar-refractivity contribution in [3.63, 3.8) is 0 Å². The van der Waals surface area contributed by atoms with Crippen LogP contribution in [0.15, 0.2) is 17.3 Å². The number of aromatic nitrogens is 2. The van der Waals surface area contributed by atoms with Gasteiger partial charge in [0, 0.05) is 19.6 Å². The lowest BCUT2D eigenvalue weighted by Crippen LogP contribution is -2.42. The number of likely N-dealkylation sites (N-methyl/N-ethyl adjacent to an activating group) is 1. The molecule has 1 rings (SSSR count). The molecule has 0 aromatic carbocycles. The van der Waals surface area contributed by atoms with Crippen LogP contribution in [0.1, 0.15) is 27.7 Å². The Morgan fingerprint density at radius 1 is 1.30 bits per heavy atom. The topological polar surface area (TPSA) is 95.4 Å². The molecule has 0 amide bonds. The molecule has 0 aliphatic rings. The first-order valence-corrected chi connectivity index (χ1v) is 7.93. The van der Waals surface area contributed by atoms with Gasteiger partial charge in [0.2, 0.25) is 16.0 Å². The normalized spacial score (nSPS) is 12.7. The molecule has 0 saturated carbocycles. The van der Waals surface area contributed by atoms with Crippen LogP contribution < -0.4 is 5.32 Å². The summed E-state index contributed by atoms with van der Waals surface area (Å²) in [7, 11) is -3.70. The van der Waals surface area contributed by atoms with Gasteiger partial charge in [-0.1, -0.05) is 6.92 Å². The first-order chi connectivity index (χ1) is 9.20. The lowest BCUT2D eigenvalue weighted by atomic mass is 10.1. The lowest BCUT2D eigenvalue weighted by molar-refractivity contribution is 0.0601. The van der Waals surface area contributed by atoms with Crippen molar-refractivity contribution in [1.82, 2.24) is 14.3 Å². The predicted octanol–water partition coefficient (Wildman–Crippen LogP) is 0.690. The molecular formula is C12H22N4O3S. The molecule has 0 unspecified atom stereocenters. The van der Waals surface area contributed by atoms with Crippen LogP contribution in [0, 0.1) is 0 Å². The van der Waals surface area contributed by atoms with Gasteiger partial charge in [-0.05, 0) is 20.8 Å². The largest absolute Gasteiger partial charge is 0.389 e. The fraction of sp³-hybridized carbons (Fsp3) is 0.667. The van der Waals surface area contributed by atoms with Gasteiger partial charge >= 0.3 is 0 Å². The van der Waals surface area contributed by atoms with E-state index in [1.54, 1.807) is 20.8 Å². The zero-order chi connectivity index (χ0) is 15.4. The number of hydrogen-bond acceptors (Lipinski definition) is 6. The Labute approximate surface area is 120 Å². The summed E-state index contributed by atoms with van der Waals surface area (Å²) in [4.78, 5) is 7.93. The molecule has 114 valence electrons. The van der Waals surface area contributed by atoms with Gasteiger partial charge in [0.05, 0.1) is 18.0 Å². The van der Waals surface area contributed by atoms with Crippen molar-refractivity contribution in [2.45, 2.75) is 38.2 Å². The Balaban J connectivity index is 3.01. The second kappa shape index (κ2) is 6.47. The average molecular weight is 302 g/mol. The third kappa shape index (κ3) is 4.39. The summed E-state index contributed by atoms with van der Waals surface area (Å²) in [5, 5.41) is 12.7. The summed E-state index contributed by atoms with van der Waals surface area (Å²) in [6, 6.07) is 0. The van der Waals surface area contributed by atoms with Crippen molar-refractivity contribution in [2.24, 2.45) is 0 Å². The Kier molecular flexibility index (Phi) is 5.43. The summed E-state index contributed by atoms with van der Waals surface area (Å²) in [5.74, 6) is 0.386. The fourth-order valence-corrected chi connectivity index (χ4v) is 3.14. The summed E-state index contributed by atoms with van der Waals surface area (Å²) >= 11 is 0. The van der Waals surface area contributed by atoms with Gasteiger partial charge < -0.3 is 10.4 Å². The Hall–Kier alpha value is -1.25. The number of nitrogens with one attached hydrogen (secondary N) is 1. The van der Waals surface area contributed by atoms with Crippen molar-refractivity contribution < 1.29 is 13.5 Å². The molecule has 0 bridgehead atoms. The molecule has 1 aromatic heterocycles. The average Bonchev–Trinajstić information content (AvgIpc) is 2.36.